The van der Waals surface area contributed by atoms with E-state index < -0.39 is 15.6 Å². The Morgan fingerprint density at radius 3 is 2.47 bits per heavy atom. The summed E-state index contributed by atoms with van der Waals surface area (Å²) in [5.41, 5.74) is 4.70. The molecular formula is C9H20N4O3S. The van der Waals surface area contributed by atoms with Gasteiger partial charge in [0.05, 0.1) is 11.3 Å². The second-order valence-electron chi connectivity index (χ2n) is 4.38. The zero-order valence-corrected chi connectivity index (χ0v) is 11.0. The van der Waals surface area contributed by atoms with E-state index in [0.717, 1.165) is 0 Å². The zero-order valence-electron chi connectivity index (χ0n) is 10.2. The lowest BCUT2D eigenvalue weighted by atomic mass is 9.88. The lowest BCUT2D eigenvalue weighted by molar-refractivity contribution is 0.213. The standard InChI is InChI=1S/C9H20N4O3S/c1-3-17(15,16)12-9(8(10)11-14)4-6-13(2)7-5-9/h12,14H,3-7H2,1-2H3,(H2,10,11). The molecule has 17 heavy (non-hydrogen) atoms. The molecule has 0 saturated carbocycles. The number of nitrogens with two attached hydrogens (primary N) is 1. The molecular weight excluding hydrogens is 244 g/mol. The SMILES string of the molecule is CCS(=O)(=O)NC1(/C(N)=N/O)CCN(C)CC1. The summed E-state index contributed by atoms with van der Waals surface area (Å²) in [6.07, 6.45) is 0.997. The van der Waals surface area contributed by atoms with Crippen LogP contribution in [0.25, 0.3) is 0 Å². The average molecular weight is 264 g/mol. The quantitative estimate of drug-likeness (QED) is 0.265. The van der Waals surface area contributed by atoms with Gasteiger partial charge in [0.2, 0.25) is 10.0 Å². The van der Waals surface area contributed by atoms with Gasteiger partial charge in [-0.15, -0.1) is 0 Å². The van der Waals surface area contributed by atoms with Gasteiger partial charge in [-0.3, -0.25) is 0 Å². The maximum absolute atomic E-state index is 11.7. The van der Waals surface area contributed by atoms with Crippen LogP contribution in [-0.4, -0.2) is 55.8 Å². The van der Waals surface area contributed by atoms with Crippen LogP contribution in [0.15, 0.2) is 5.16 Å². The molecule has 0 atom stereocenters. The third-order valence-corrected chi connectivity index (χ3v) is 4.63. The molecule has 0 bridgehead atoms. The third-order valence-electron chi connectivity index (χ3n) is 3.17. The number of amidine groups is 1. The van der Waals surface area contributed by atoms with E-state index in [0.29, 0.717) is 25.9 Å². The Balaban J connectivity index is 2.96. The lowest BCUT2D eigenvalue weighted by Crippen LogP contribution is -2.62. The predicted octanol–water partition coefficient (Wildman–Crippen LogP) is -0.863. The van der Waals surface area contributed by atoms with E-state index >= 15 is 0 Å². The van der Waals surface area contributed by atoms with Crippen LogP contribution in [0.2, 0.25) is 0 Å². The smallest absolute Gasteiger partial charge is 0.212 e. The van der Waals surface area contributed by atoms with Crippen LogP contribution < -0.4 is 10.5 Å². The van der Waals surface area contributed by atoms with Crippen molar-refractivity contribution in [3.63, 3.8) is 0 Å². The van der Waals surface area contributed by atoms with Gasteiger partial charge in [-0.1, -0.05) is 5.16 Å². The van der Waals surface area contributed by atoms with Crippen molar-refractivity contribution in [1.82, 2.24) is 9.62 Å². The Morgan fingerprint density at radius 1 is 1.53 bits per heavy atom. The van der Waals surface area contributed by atoms with E-state index in [4.69, 9.17) is 10.9 Å². The van der Waals surface area contributed by atoms with E-state index in [1.54, 1.807) is 6.92 Å². The monoisotopic (exact) mass is 264 g/mol. The van der Waals surface area contributed by atoms with Crippen LogP contribution in [0, 0.1) is 0 Å². The Kier molecular flexibility index (Phi) is 4.34. The predicted molar refractivity (Wildman–Crippen MR) is 65.5 cm³/mol. The number of oxime groups is 1. The summed E-state index contributed by atoms with van der Waals surface area (Å²) in [5.74, 6) is -0.0915. The molecule has 1 aliphatic heterocycles. The summed E-state index contributed by atoms with van der Waals surface area (Å²) in [5, 5.41) is 11.8. The van der Waals surface area contributed by atoms with Gasteiger partial charge in [0.25, 0.3) is 0 Å². The van der Waals surface area contributed by atoms with Crippen molar-refractivity contribution in [2.75, 3.05) is 25.9 Å². The number of hydrogen-bond acceptors (Lipinski definition) is 5. The molecule has 0 spiro atoms. The maximum atomic E-state index is 11.7. The molecule has 1 aliphatic rings. The molecule has 0 aromatic carbocycles. The summed E-state index contributed by atoms with van der Waals surface area (Å²) in [4.78, 5) is 2.07. The van der Waals surface area contributed by atoms with E-state index in [2.05, 4.69) is 14.8 Å². The Labute approximate surface area is 102 Å². The maximum Gasteiger partial charge on any atom is 0.212 e. The molecule has 1 fully saturated rings. The summed E-state index contributed by atoms with van der Waals surface area (Å²) in [6, 6.07) is 0. The van der Waals surface area contributed by atoms with Gasteiger partial charge in [0.1, 0.15) is 0 Å². The molecule has 1 rings (SSSR count). The van der Waals surface area contributed by atoms with Gasteiger partial charge in [-0.05, 0) is 26.8 Å². The lowest BCUT2D eigenvalue weighted by Gasteiger charge is -2.39. The largest absolute Gasteiger partial charge is 0.409 e. The highest BCUT2D eigenvalue weighted by Gasteiger charge is 2.40. The minimum atomic E-state index is -3.39. The van der Waals surface area contributed by atoms with Gasteiger partial charge < -0.3 is 15.8 Å². The average Bonchev–Trinajstić information content (AvgIpc) is 2.31. The van der Waals surface area contributed by atoms with Crippen LogP contribution in [-0.2, 0) is 10.0 Å². The molecule has 4 N–H and O–H groups in total. The van der Waals surface area contributed by atoms with E-state index in [1.165, 1.54) is 0 Å². The van der Waals surface area contributed by atoms with Crippen molar-refractivity contribution >= 4 is 15.9 Å². The summed E-state index contributed by atoms with van der Waals surface area (Å²) in [7, 11) is -1.44. The number of nitrogens with one attached hydrogen (secondary N) is 1. The second-order valence-corrected chi connectivity index (χ2v) is 6.39. The molecule has 7 nitrogen and oxygen atoms in total. The molecule has 1 heterocycles. The molecule has 0 aromatic heterocycles. The third kappa shape index (κ3) is 3.30. The number of likely N-dealkylation sites (tertiary alicyclic amines) is 1. The van der Waals surface area contributed by atoms with Crippen molar-refractivity contribution < 1.29 is 13.6 Å². The summed E-state index contributed by atoms with van der Waals surface area (Å²) in [6.45, 7) is 2.95. The molecule has 0 radical (unpaired) electrons. The first-order valence-electron chi connectivity index (χ1n) is 5.53. The van der Waals surface area contributed by atoms with E-state index in [1.807, 2.05) is 7.05 Å². The summed E-state index contributed by atoms with van der Waals surface area (Å²) < 4.78 is 25.9. The van der Waals surface area contributed by atoms with E-state index in [9.17, 15) is 8.42 Å². The number of nitrogens with zero attached hydrogens (tertiary/aromatic N) is 2. The molecule has 0 aromatic rings. The van der Waals surface area contributed by atoms with Crippen molar-refractivity contribution in [2.24, 2.45) is 10.9 Å². The number of sulfonamides is 1. The number of piperidine rings is 1. The van der Waals surface area contributed by atoms with Crippen molar-refractivity contribution in [1.29, 1.82) is 0 Å². The van der Waals surface area contributed by atoms with E-state index in [-0.39, 0.29) is 11.6 Å². The first-order valence-corrected chi connectivity index (χ1v) is 7.18. The molecule has 0 unspecified atom stereocenters. The van der Waals surface area contributed by atoms with Crippen molar-refractivity contribution in [3.05, 3.63) is 0 Å². The van der Waals surface area contributed by atoms with Gasteiger partial charge in [0.15, 0.2) is 5.84 Å². The van der Waals surface area contributed by atoms with Crippen LogP contribution in [0.5, 0.6) is 0 Å². The normalized spacial score (nSPS) is 22.6. The van der Waals surface area contributed by atoms with Gasteiger partial charge in [-0.25, -0.2) is 13.1 Å². The molecule has 1 saturated heterocycles. The zero-order chi connectivity index (χ0) is 13.1. The Morgan fingerprint density at radius 2 is 2.06 bits per heavy atom. The Hall–Kier alpha value is -0.860. The van der Waals surface area contributed by atoms with Gasteiger partial charge in [0, 0.05) is 13.1 Å². The highest BCUT2D eigenvalue weighted by molar-refractivity contribution is 7.89. The Bertz CT molecular complexity index is 385. The van der Waals surface area contributed by atoms with Gasteiger partial charge in [-0.2, -0.15) is 0 Å². The molecule has 100 valence electrons. The minimum Gasteiger partial charge on any atom is -0.409 e. The highest BCUT2D eigenvalue weighted by atomic mass is 32.2. The first-order chi connectivity index (χ1) is 7.85. The molecule has 8 heteroatoms. The number of rotatable bonds is 4. The number of hydrogen-bond donors (Lipinski definition) is 3. The van der Waals surface area contributed by atoms with Crippen LogP contribution in [0.3, 0.4) is 0 Å². The topological polar surface area (TPSA) is 108 Å². The van der Waals surface area contributed by atoms with Crippen molar-refractivity contribution in [2.45, 2.75) is 25.3 Å². The van der Waals surface area contributed by atoms with Crippen LogP contribution in [0.4, 0.5) is 0 Å². The molecule has 0 amide bonds. The summed E-state index contributed by atoms with van der Waals surface area (Å²) >= 11 is 0. The highest BCUT2D eigenvalue weighted by Crippen LogP contribution is 2.23. The van der Waals surface area contributed by atoms with Crippen LogP contribution in [0.1, 0.15) is 19.8 Å². The first kappa shape index (κ1) is 14.2. The fraction of sp³-hybridized carbons (Fsp3) is 0.889. The van der Waals surface area contributed by atoms with Crippen molar-refractivity contribution in [3.8, 4) is 0 Å². The second kappa shape index (κ2) is 5.19. The molecule has 0 aliphatic carbocycles. The fourth-order valence-corrected chi connectivity index (χ4v) is 2.92. The fourth-order valence-electron chi connectivity index (χ4n) is 1.88. The minimum absolute atomic E-state index is 0.0245. The van der Waals surface area contributed by atoms with Crippen LogP contribution >= 0.6 is 0 Å². The van der Waals surface area contributed by atoms with Gasteiger partial charge >= 0.3 is 0 Å².